The van der Waals surface area contributed by atoms with E-state index in [1.165, 1.54) is 6.92 Å². The van der Waals surface area contributed by atoms with Crippen LogP contribution in [0.4, 0.5) is 0 Å². The van der Waals surface area contributed by atoms with E-state index < -0.39 is 12.0 Å². The van der Waals surface area contributed by atoms with Crippen molar-refractivity contribution in [1.82, 2.24) is 4.57 Å². The Morgan fingerprint density at radius 2 is 2.12 bits per heavy atom. The van der Waals surface area contributed by atoms with Gasteiger partial charge in [-0.15, -0.1) is 0 Å². The first-order valence-electron chi connectivity index (χ1n) is 5.39. The Hall–Kier alpha value is -1.58. The molecule has 4 nitrogen and oxygen atoms in total. The Bertz CT molecular complexity index is 395. The molecule has 1 N–H and O–H groups in total. The van der Waals surface area contributed by atoms with E-state index in [0.29, 0.717) is 5.69 Å². The first kappa shape index (κ1) is 12.5. The Morgan fingerprint density at radius 3 is 2.56 bits per heavy atom. The lowest BCUT2D eigenvalue weighted by Gasteiger charge is -2.22. The minimum atomic E-state index is -0.895. The molecule has 0 aliphatic heterocycles. The molecule has 0 radical (unpaired) electrons. The lowest BCUT2D eigenvalue weighted by molar-refractivity contribution is -0.142. The average Bonchev–Trinajstić information content (AvgIpc) is 2.66. The third-order valence-electron chi connectivity index (χ3n) is 2.88. The number of ketones is 1. The summed E-state index contributed by atoms with van der Waals surface area (Å²) in [6, 6.07) is 2.69. The van der Waals surface area contributed by atoms with Crippen LogP contribution in [0.5, 0.6) is 0 Å². The van der Waals surface area contributed by atoms with Crippen molar-refractivity contribution in [2.24, 2.45) is 5.92 Å². The largest absolute Gasteiger partial charge is 0.480 e. The van der Waals surface area contributed by atoms with Gasteiger partial charge < -0.3 is 9.67 Å². The number of carbonyl (C=O) groups is 2. The van der Waals surface area contributed by atoms with Crippen LogP contribution in [-0.4, -0.2) is 21.4 Å². The molecule has 4 heteroatoms. The first-order chi connectivity index (χ1) is 7.49. The van der Waals surface area contributed by atoms with Crippen molar-refractivity contribution in [2.75, 3.05) is 0 Å². The number of nitrogens with zero attached hydrogens (tertiary/aromatic N) is 1. The van der Waals surface area contributed by atoms with Crippen molar-refractivity contribution in [3.05, 3.63) is 24.0 Å². The second-order valence-corrected chi connectivity index (χ2v) is 4.03. The summed E-state index contributed by atoms with van der Waals surface area (Å²) in [5.41, 5.74) is 0.452. The number of hydrogen-bond donors (Lipinski definition) is 1. The van der Waals surface area contributed by atoms with E-state index in [0.717, 1.165) is 6.42 Å². The molecule has 16 heavy (non-hydrogen) atoms. The zero-order chi connectivity index (χ0) is 12.3. The third kappa shape index (κ3) is 2.32. The molecule has 1 aromatic rings. The normalized spacial score (nSPS) is 14.4. The maximum Gasteiger partial charge on any atom is 0.326 e. The molecule has 0 saturated carbocycles. The Kier molecular flexibility index (Phi) is 3.88. The maximum absolute atomic E-state index is 11.4. The molecule has 0 amide bonds. The van der Waals surface area contributed by atoms with Crippen molar-refractivity contribution in [3.63, 3.8) is 0 Å². The van der Waals surface area contributed by atoms with Gasteiger partial charge in [0, 0.05) is 13.1 Å². The number of carboxylic acids is 1. The zero-order valence-corrected chi connectivity index (χ0v) is 9.80. The highest BCUT2D eigenvalue weighted by Gasteiger charge is 2.27. The lowest BCUT2D eigenvalue weighted by Crippen LogP contribution is -2.27. The molecule has 0 spiro atoms. The Balaban J connectivity index is 3.16. The predicted octanol–water partition coefficient (Wildman–Crippen LogP) is 2.36. The number of aliphatic carboxylic acids is 1. The maximum atomic E-state index is 11.4. The highest BCUT2D eigenvalue weighted by Crippen LogP contribution is 2.23. The van der Waals surface area contributed by atoms with E-state index in [9.17, 15) is 14.7 Å². The number of carboxylic acid groups (broad SMARTS) is 1. The SMILES string of the molecule is CCC(C)C(C(=O)O)n1[13cH]ccc1C(C)=O. The summed E-state index contributed by atoms with van der Waals surface area (Å²) in [7, 11) is 0. The summed E-state index contributed by atoms with van der Waals surface area (Å²) in [4.78, 5) is 22.6. The number of rotatable bonds is 5. The van der Waals surface area contributed by atoms with Gasteiger partial charge in [0.15, 0.2) is 5.78 Å². The molecule has 1 rings (SSSR count). The van der Waals surface area contributed by atoms with Gasteiger partial charge in [0.1, 0.15) is 6.04 Å². The number of Topliss-reactive ketones (excluding diaryl/α,β-unsaturated/α-hetero) is 1. The topological polar surface area (TPSA) is 59.3 Å². The molecular formula is C12H17NO3. The fraction of sp³-hybridized carbons (Fsp3) is 0.500. The summed E-state index contributed by atoms with van der Waals surface area (Å²) in [6.45, 7) is 5.27. The van der Waals surface area contributed by atoms with Crippen molar-refractivity contribution >= 4 is 11.8 Å². The van der Waals surface area contributed by atoms with E-state index in [-0.39, 0.29) is 11.7 Å². The highest BCUT2D eigenvalue weighted by molar-refractivity contribution is 5.93. The van der Waals surface area contributed by atoms with Gasteiger partial charge in [0.25, 0.3) is 0 Å². The average molecular weight is 224 g/mol. The zero-order valence-electron chi connectivity index (χ0n) is 9.80. The second-order valence-electron chi connectivity index (χ2n) is 4.03. The monoisotopic (exact) mass is 224 g/mol. The van der Waals surface area contributed by atoms with E-state index in [1.807, 2.05) is 13.8 Å². The molecule has 0 fully saturated rings. The summed E-state index contributed by atoms with van der Waals surface area (Å²) in [5, 5.41) is 9.22. The van der Waals surface area contributed by atoms with Crippen LogP contribution in [0, 0.1) is 5.92 Å². The molecule has 0 aromatic carbocycles. The van der Waals surface area contributed by atoms with Crippen molar-refractivity contribution in [2.45, 2.75) is 33.2 Å². The van der Waals surface area contributed by atoms with Gasteiger partial charge in [-0.1, -0.05) is 20.3 Å². The Morgan fingerprint density at radius 1 is 1.50 bits per heavy atom. The van der Waals surface area contributed by atoms with Gasteiger partial charge in [-0.05, 0) is 18.1 Å². The van der Waals surface area contributed by atoms with E-state index in [1.54, 1.807) is 22.9 Å². The number of hydrogen-bond acceptors (Lipinski definition) is 2. The summed E-state index contributed by atoms with van der Waals surface area (Å²) >= 11 is 0. The summed E-state index contributed by atoms with van der Waals surface area (Å²) < 4.78 is 1.55. The minimum Gasteiger partial charge on any atom is -0.480 e. The molecule has 2 atom stereocenters. The molecule has 0 bridgehead atoms. The van der Waals surface area contributed by atoms with Crippen molar-refractivity contribution in [3.8, 4) is 0 Å². The van der Waals surface area contributed by atoms with E-state index in [2.05, 4.69) is 0 Å². The standard InChI is InChI=1S/C12H17NO3/c1-4-8(2)11(12(15)16)13-7-5-6-10(13)9(3)14/h5-8,11H,4H2,1-3H3,(H,15,16)/i7+1. The van der Waals surface area contributed by atoms with Gasteiger partial charge in [0.2, 0.25) is 0 Å². The van der Waals surface area contributed by atoms with Crippen molar-refractivity contribution in [1.29, 1.82) is 0 Å². The quantitative estimate of drug-likeness (QED) is 0.781. The molecule has 1 heterocycles. The smallest absolute Gasteiger partial charge is 0.326 e. The lowest BCUT2D eigenvalue weighted by atomic mass is 9.99. The van der Waals surface area contributed by atoms with Crippen LogP contribution in [0.3, 0.4) is 0 Å². The molecule has 88 valence electrons. The van der Waals surface area contributed by atoms with Gasteiger partial charge in [-0.3, -0.25) is 4.79 Å². The number of carbonyl (C=O) groups excluding carboxylic acids is 1. The molecule has 1 aromatic heterocycles. The van der Waals surface area contributed by atoms with Crippen LogP contribution in [0.2, 0.25) is 0 Å². The summed E-state index contributed by atoms with van der Waals surface area (Å²) in [6.07, 6.45) is 2.41. The second kappa shape index (κ2) is 4.96. The molecule has 0 aliphatic carbocycles. The van der Waals surface area contributed by atoms with Crippen LogP contribution in [0.15, 0.2) is 18.3 Å². The van der Waals surface area contributed by atoms with Gasteiger partial charge in [-0.25, -0.2) is 4.79 Å². The van der Waals surface area contributed by atoms with Gasteiger partial charge in [0.05, 0.1) is 5.69 Å². The molecule has 2 unspecified atom stereocenters. The molecule has 0 aliphatic rings. The van der Waals surface area contributed by atoms with E-state index >= 15 is 0 Å². The van der Waals surface area contributed by atoms with Crippen LogP contribution in [0.25, 0.3) is 0 Å². The molecule has 0 saturated heterocycles. The molecular weight excluding hydrogens is 207 g/mol. The minimum absolute atomic E-state index is 0.0111. The van der Waals surface area contributed by atoms with Crippen LogP contribution < -0.4 is 0 Å². The predicted molar refractivity (Wildman–Crippen MR) is 60.6 cm³/mol. The fourth-order valence-corrected chi connectivity index (χ4v) is 1.79. The van der Waals surface area contributed by atoms with Crippen molar-refractivity contribution < 1.29 is 14.7 Å². The van der Waals surface area contributed by atoms with E-state index in [4.69, 9.17) is 0 Å². The van der Waals surface area contributed by atoms with Crippen LogP contribution in [0.1, 0.15) is 43.7 Å². The van der Waals surface area contributed by atoms with Gasteiger partial charge in [-0.2, -0.15) is 0 Å². The highest BCUT2D eigenvalue weighted by atomic mass is 16.4. The fourth-order valence-electron chi connectivity index (χ4n) is 1.79. The summed E-state index contributed by atoms with van der Waals surface area (Å²) in [5.74, 6) is -1.02. The first-order valence-corrected chi connectivity index (χ1v) is 5.39. The number of aromatic nitrogens is 1. The van der Waals surface area contributed by atoms with Crippen LogP contribution in [-0.2, 0) is 4.79 Å². The van der Waals surface area contributed by atoms with Gasteiger partial charge >= 0.3 is 5.97 Å². The van der Waals surface area contributed by atoms with Crippen LogP contribution >= 0.6 is 0 Å². The Labute approximate surface area is 94.9 Å². The third-order valence-corrected chi connectivity index (χ3v) is 2.88.